The van der Waals surface area contributed by atoms with Gasteiger partial charge in [-0.2, -0.15) is 0 Å². The maximum absolute atomic E-state index is 14.3. The van der Waals surface area contributed by atoms with Crippen LogP contribution in [-0.2, 0) is 19.2 Å². The van der Waals surface area contributed by atoms with Crippen LogP contribution in [0.1, 0.15) is 40.2 Å². The fourth-order valence-electron chi connectivity index (χ4n) is 7.82. The quantitative estimate of drug-likeness (QED) is 0.104. The van der Waals surface area contributed by atoms with Gasteiger partial charge in [0.15, 0.2) is 27.0 Å². The van der Waals surface area contributed by atoms with Gasteiger partial charge in [0.25, 0.3) is 11.8 Å². The van der Waals surface area contributed by atoms with Crippen LogP contribution in [-0.4, -0.2) is 61.7 Å². The Hall–Kier alpha value is -3.70. The number of fused-ring (bicyclic) bond motifs is 4. The van der Waals surface area contributed by atoms with Gasteiger partial charge in [-0.25, -0.2) is 0 Å². The van der Waals surface area contributed by atoms with Crippen LogP contribution in [0.15, 0.2) is 78.4 Å². The zero-order chi connectivity index (χ0) is 34.3. The first kappa shape index (κ1) is 32.8. The third-order valence-electron chi connectivity index (χ3n) is 10.0. The average molecular weight is 773 g/mol. The van der Waals surface area contributed by atoms with Crippen LogP contribution in [0.5, 0.6) is 11.5 Å². The smallest absolute Gasteiger partial charge is 0.254 e. The molecule has 0 unspecified atom stereocenters. The fourth-order valence-corrected chi connectivity index (χ4v) is 9.46. The van der Waals surface area contributed by atoms with E-state index in [2.05, 4.69) is 15.9 Å². The summed E-state index contributed by atoms with van der Waals surface area (Å²) in [5, 5.41) is 10.4. The van der Waals surface area contributed by atoms with Gasteiger partial charge in [-0.3, -0.25) is 33.8 Å². The number of likely N-dealkylation sites (tertiary alicyclic amines) is 1. The molecule has 48 heavy (non-hydrogen) atoms. The number of phenols is 1. The monoisotopic (exact) mass is 770 g/mol. The van der Waals surface area contributed by atoms with E-state index in [1.807, 2.05) is 6.07 Å². The summed E-state index contributed by atoms with van der Waals surface area (Å²) in [6, 6.07) is 17.9. The Morgan fingerprint density at radius 1 is 0.958 bits per heavy atom. The molecule has 246 valence electrons. The zero-order valence-corrected chi connectivity index (χ0v) is 29.0. The van der Waals surface area contributed by atoms with E-state index in [-0.39, 0.29) is 40.6 Å². The number of benzene rings is 3. The van der Waals surface area contributed by atoms with Crippen molar-refractivity contribution < 1.29 is 33.8 Å². The van der Waals surface area contributed by atoms with Gasteiger partial charge in [-0.1, -0.05) is 69.5 Å². The molecule has 1 N–H and O–H groups in total. The second-order valence-electron chi connectivity index (χ2n) is 12.3. The van der Waals surface area contributed by atoms with Crippen molar-refractivity contribution in [3.05, 3.63) is 100 Å². The minimum Gasteiger partial charge on any atom is -0.503 e. The largest absolute Gasteiger partial charge is 0.503 e. The number of hydrogen-bond donors (Lipinski definition) is 1. The number of anilines is 1. The van der Waals surface area contributed by atoms with Crippen LogP contribution < -0.4 is 9.64 Å². The molecule has 7 rings (SSSR count). The number of allylic oxidation sites excluding steroid dienone is 2. The molecule has 4 aliphatic rings. The first-order valence-electron chi connectivity index (χ1n) is 15.0. The number of carbonyl (C=O) groups excluding carboxylic acids is 5. The van der Waals surface area contributed by atoms with Gasteiger partial charge >= 0.3 is 0 Å². The summed E-state index contributed by atoms with van der Waals surface area (Å²) in [6.07, 6.45) is 1.78. The van der Waals surface area contributed by atoms with E-state index in [1.165, 1.54) is 19.2 Å². The van der Waals surface area contributed by atoms with Gasteiger partial charge in [0.1, 0.15) is 0 Å². The Morgan fingerprint density at radius 2 is 1.62 bits per heavy atom. The van der Waals surface area contributed by atoms with Crippen LogP contribution in [0.2, 0.25) is 5.02 Å². The topological polar surface area (TPSA) is 121 Å². The first-order valence-corrected chi connectivity index (χ1v) is 17.3. The lowest BCUT2D eigenvalue weighted by atomic mass is 9.56. The van der Waals surface area contributed by atoms with Crippen molar-refractivity contribution >= 4 is 85.8 Å². The molecule has 2 aliphatic heterocycles. The Labute approximate surface area is 298 Å². The normalized spacial score (nSPS) is 29.4. The molecular formula is C35H26BrCl3N2O7. The number of amides is 4. The van der Waals surface area contributed by atoms with E-state index in [1.54, 1.807) is 54.6 Å². The Morgan fingerprint density at radius 3 is 2.27 bits per heavy atom. The highest BCUT2D eigenvalue weighted by atomic mass is 79.9. The second kappa shape index (κ2) is 11.7. The number of rotatable bonds is 6. The molecule has 3 aromatic rings. The van der Waals surface area contributed by atoms with Crippen molar-refractivity contribution in [3.63, 3.8) is 0 Å². The van der Waals surface area contributed by atoms with Gasteiger partial charge in [-0.05, 0) is 60.7 Å². The van der Waals surface area contributed by atoms with E-state index < -0.39 is 57.0 Å². The molecule has 9 nitrogen and oxygen atoms in total. The average Bonchev–Trinajstić information content (AvgIpc) is 3.43. The molecular weight excluding hydrogens is 747 g/mol. The standard InChI is InChI=1S/C35H26BrCl3N2O7/c1-48-25-14-19(13-24(37)29(25)43)27-21-11-12-22-26(23(21)15-34(38)32(46)40(16-36)33(47)35(27,34)39)31(45)41(30(22)44)20-9-7-18(8-10-20)28(42)17-5-3-2-4-6-17/h2-11,13-14,22-23,26-27,43H,12,15-16H2,1H3/t22-,23+,26-,27-,34+,35-/m0/s1. The number of aromatic hydroxyl groups is 1. The van der Waals surface area contributed by atoms with Crippen LogP contribution in [0.25, 0.3) is 0 Å². The molecule has 2 heterocycles. The minimum absolute atomic E-state index is 0.0101. The number of ether oxygens (including phenoxy) is 1. The van der Waals surface area contributed by atoms with Crippen molar-refractivity contribution in [1.29, 1.82) is 0 Å². The number of ketones is 1. The minimum atomic E-state index is -2.04. The molecule has 4 amide bonds. The highest BCUT2D eigenvalue weighted by molar-refractivity contribution is 9.09. The van der Waals surface area contributed by atoms with Crippen molar-refractivity contribution in [1.82, 2.24) is 4.90 Å². The fraction of sp³-hybridized carbons (Fsp3) is 0.286. The number of alkyl halides is 3. The van der Waals surface area contributed by atoms with Crippen molar-refractivity contribution in [3.8, 4) is 11.5 Å². The number of hydrogen-bond acceptors (Lipinski definition) is 7. The second-order valence-corrected chi connectivity index (χ2v) is 14.4. The van der Waals surface area contributed by atoms with E-state index in [9.17, 15) is 29.1 Å². The molecule has 0 spiro atoms. The van der Waals surface area contributed by atoms with E-state index in [0.29, 0.717) is 28.0 Å². The number of halogens is 4. The summed E-state index contributed by atoms with van der Waals surface area (Å²) in [4.78, 5) is 67.1. The number of nitrogens with zero attached hydrogens (tertiary/aromatic N) is 2. The lowest BCUT2D eigenvalue weighted by Crippen LogP contribution is -2.60. The molecule has 6 atom stereocenters. The predicted octanol–water partition coefficient (Wildman–Crippen LogP) is 6.20. The zero-order valence-electron chi connectivity index (χ0n) is 25.2. The van der Waals surface area contributed by atoms with E-state index in [0.717, 1.165) is 9.80 Å². The third kappa shape index (κ3) is 4.45. The SMILES string of the molecule is COc1cc([C@H]2C3=CC[C@@H]4C(=O)N(c5ccc(C(=O)c6ccccc6)cc5)C(=O)[C@@H]4[C@@H]3C[C@@]3(Cl)C(=O)N(CBr)C(=O)[C@@]23Cl)cc(Cl)c1O. The molecule has 3 fully saturated rings. The van der Waals surface area contributed by atoms with Crippen molar-refractivity contribution in [2.75, 3.05) is 17.5 Å². The van der Waals surface area contributed by atoms with Gasteiger partial charge < -0.3 is 9.84 Å². The summed E-state index contributed by atoms with van der Waals surface area (Å²) in [5.74, 6) is -6.40. The third-order valence-corrected chi connectivity index (χ3v) is 12.2. The number of carbonyl (C=O) groups is 5. The molecule has 0 radical (unpaired) electrons. The highest BCUT2D eigenvalue weighted by Crippen LogP contribution is 2.66. The molecule has 13 heteroatoms. The lowest BCUT2D eigenvalue weighted by Gasteiger charge is -2.50. The Kier molecular flexibility index (Phi) is 8.02. The Bertz CT molecular complexity index is 1960. The highest BCUT2D eigenvalue weighted by Gasteiger charge is 2.76. The first-order chi connectivity index (χ1) is 22.9. The van der Waals surface area contributed by atoms with Gasteiger partial charge in [0, 0.05) is 17.0 Å². The summed E-state index contributed by atoms with van der Waals surface area (Å²) in [7, 11) is 1.34. The van der Waals surface area contributed by atoms with Gasteiger partial charge in [-0.15, -0.1) is 23.2 Å². The van der Waals surface area contributed by atoms with Crippen molar-refractivity contribution in [2.45, 2.75) is 28.5 Å². The van der Waals surface area contributed by atoms with E-state index in [4.69, 9.17) is 39.5 Å². The maximum Gasteiger partial charge on any atom is 0.254 e. The molecule has 3 aromatic carbocycles. The van der Waals surface area contributed by atoms with Crippen LogP contribution in [0.3, 0.4) is 0 Å². The van der Waals surface area contributed by atoms with E-state index >= 15 is 0 Å². The molecule has 2 aliphatic carbocycles. The number of methoxy groups -OCH3 is 1. The summed E-state index contributed by atoms with van der Waals surface area (Å²) >= 11 is 24.1. The maximum atomic E-state index is 14.3. The van der Waals surface area contributed by atoms with Gasteiger partial charge in [0.2, 0.25) is 11.8 Å². The Balaban J connectivity index is 1.30. The number of imide groups is 2. The summed E-state index contributed by atoms with van der Waals surface area (Å²) < 4.78 is 5.34. The van der Waals surface area contributed by atoms with Crippen LogP contribution in [0, 0.1) is 17.8 Å². The predicted molar refractivity (Wildman–Crippen MR) is 182 cm³/mol. The van der Waals surface area contributed by atoms with Gasteiger partial charge in [0.05, 0.1) is 35.1 Å². The molecule has 1 saturated carbocycles. The molecule has 0 aromatic heterocycles. The number of phenolic OH excluding ortho intramolecular Hbond substituents is 1. The van der Waals surface area contributed by atoms with Crippen molar-refractivity contribution in [2.24, 2.45) is 17.8 Å². The molecule has 0 bridgehead atoms. The van der Waals surface area contributed by atoms with Crippen LogP contribution >= 0.6 is 50.7 Å². The summed E-state index contributed by atoms with van der Waals surface area (Å²) in [6.45, 7) is 0. The molecule has 2 saturated heterocycles. The van der Waals surface area contributed by atoms with Crippen LogP contribution in [0.4, 0.5) is 5.69 Å². The summed E-state index contributed by atoms with van der Waals surface area (Å²) in [5.41, 5.74) is 1.95. The lowest BCUT2D eigenvalue weighted by molar-refractivity contribution is -0.138.